The molecule has 16 heavy (non-hydrogen) atoms. The zero-order chi connectivity index (χ0) is 11.6. The zero-order valence-electron chi connectivity index (χ0n) is 10.3. The van der Waals surface area contributed by atoms with Gasteiger partial charge < -0.3 is 10.2 Å². The molecule has 3 heteroatoms. The number of nitrogens with one attached hydrogen (secondary N) is 1. The number of hydrogen-bond donors (Lipinski definition) is 1. The fraction of sp³-hybridized carbons (Fsp3) is 0.538. The van der Waals surface area contributed by atoms with E-state index < -0.39 is 0 Å². The summed E-state index contributed by atoms with van der Waals surface area (Å²) >= 11 is 1.83. The molecule has 1 aromatic rings. The fourth-order valence-electron chi connectivity index (χ4n) is 2.24. The smallest absolute Gasteiger partial charge is 0.0505 e. The molecule has 0 spiro atoms. The number of nitrogens with zero attached hydrogens (tertiary/aromatic N) is 1. The second-order valence-corrected chi connectivity index (χ2v) is 5.75. The van der Waals surface area contributed by atoms with Crippen molar-refractivity contribution in [1.29, 1.82) is 0 Å². The molecular weight excluding hydrogens is 216 g/mol. The molecule has 2 rings (SSSR count). The highest BCUT2D eigenvalue weighted by molar-refractivity contribution is 7.98. The van der Waals surface area contributed by atoms with E-state index >= 15 is 0 Å². The number of para-hydroxylation sites is 1. The van der Waals surface area contributed by atoms with E-state index in [-0.39, 0.29) is 5.54 Å². The highest BCUT2D eigenvalue weighted by Crippen LogP contribution is 2.30. The summed E-state index contributed by atoms with van der Waals surface area (Å²) in [7, 11) is 0. The van der Waals surface area contributed by atoms with Crippen LogP contribution in [-0.4, -0.2) is 31.4 Å². The third-order valence-corrected chi connectivity index (χ3v) is 3.78. The highest BCUT2D eigenvalue weighted by atomic mass is 32.2. The summed E-state index contributed by atoms with van der Waals surface area (Å²) in [6, 6.07) is 8.68. The van der Waals surface area contributed by atoms with E-state index in [4.69, 9.17) is 0 Å². The zero-order valence-corrected chi connectivity index (χ0v) is 11.1. The van der Waals surface area contributed by atoms with E-state index in [1.54, 1.807) is 0 Å². The van der Waals surface area contributed by atoms with Crippen LogP contribution in [0.5, 0.6) is 0 Å². The topological polar surface area (TPSA) is 15.3 Å². The molecule has 0 atom stereocenters. The van der Waals surface area contributed by atoms with E-state index in [2.05, 4.69) is 54.6 Å². The molecule has 0 radical (unpaired) electrons. The molecule has 0 aromatic heterocycles. The Kier molecular flexibility index (Phi) is 3.45. The van der Waals surface area contributed by atoms with Gasteiger partial charge in [0, 0.05) is 30.1 Å². The standard InChI is InChI=1S/C13H20N2S/c1-13(2)10-15(9-8-14-13)11-6-4-5-7-12(11)16-3/h4-7,14H,8-10H2,1-3H3. The molecule has 1 aliphatic rings. The van der Waals surface area contributed by atoms with Crippen LogP contribution in [0, 0.1) is 0 Å². The van der Waals surface area contributed by atoms with Crippen LogP contribution in [-0.2, 0) is 0 Å². The number of thioether (sulfide) groups is 1. The molecule has 1 heterocycles. The molecule has 0 aliphatic carbocycles. The number of hydrogen-bond acceptors (Lipinski definition) is 3. The third-order valence-electron chi connectivity index (χ3n) is 3.00. The molecule has 1 N–H and O–H groups in total. The minimum Gasteiger partial charge on any atom is -0.368 e. The Morgan fingerprint density at radius 2 is 2.06 bits per heavy atom. The molecule has 0 amide bonds. The fourth-order valence-corrected chi connectivity index (χ4v) is 2.86. The van der Waals surface area contributed by atoms with Crippen molar-refractivity contribution in [3.05, 3.63) is 24.3 Å². The predicted molar refractivity (Wildman–Crippen MR) is 72.5 cm³/mol. The van der Waals surface area contributed by atoms with E-state index in [1.807, 2.05) is 11.8 Å². The highest BCUT2D eigenvalue weighted by Gasteiger charge is 2.26. The van der Waals surface area contributed by atoms with Gasteiger partial charge in [-0.1, -0.05) is 12.1 Å². The number of rotatable bonds is 2. The van der Waals surface area contributed by atoms with Gasteiger partial charge in [0.1, 0.15) is 0 Å². The van der Waals surface area contributed by atoms with Crippen molar-refractivity contribution in [1.82, 2.24) is 5.32 Å². The van der Waals surface area contributed by atoms with Gasteiger partial charge in [-0.15, -0.1) is 11.8 Å². The molecule has 0 unspecified atom stereocenters. The van der Waals surface area contributed by atoms with Gasteiger partial charge in [0.15, 0.2) is 0 Å². The van der Waals surface area contributed by atoms with Crippen molar-refractivity contribution in [2.45, 2.75) is 24.3 Å². The van der Waals surface area contributed by atoms with Gasteiger partial charge in [-0.25, -0.2) is 0 Å². The van der Waals surface area contributed by atoms with Crippen LogP contribution < -0.4 is 10.2 Å². The Morgan fingerprint density at radius 1 is 1.31 bits per heavy atom. The van der Waals surface area contributed by atoms with Gasteiger partial charge in [-0.2, -0.15) is 0 Å². The van der Waals surface area contributed by atoms with Crippen LogP contribution >= 0.6 is 11.8 Å². The van der Waals surface area contributed by atoms with Crippen molar-refractivity contribution in [3.8, 4) is 0 Å². The van der Waals surface area contributed by atoms with Crippen molar-refractivity contribution < 1.29 is 0 Å². The molecule has 0 bridgehead atoms. The van der Waals surface area contributed by atoms with Gasteiger partial charge in [0.25, 0.3) is 0 Å². The summed E-state index contributed by atoms with van der Waals surface area (Å²) in [5, 5.41) is 3.55. The van der Waals surface area contributed by atoms with Crippen LogP contribution in [0.15, 0.2) is 29.2 Å². The molecule has 2 nitrogen and oxygen atoms in total. The Labute approximate surface area is 102 Å². The Hall–Kier alpha value is -0.670. The largest absolute Gasteiger partial charge is 0.368 e. The molecule has 88 valence electrons. The van der Waals surface area contributed by atoms with Gasteiger partial charge in [0.2, 0.25) is 0 Å². The summed E-state index contributed by atoms with van der Waals surface area (Å²) in [5.41, 5.74) is 1.59. The maximum atomic E-state index is 3.55. The first-order valence-electron chi connectivity index (χ1n) is 5.75. The lowest BCUT2D eigenvalue weighted by atomic mass is 10.0. The SMILES string of the molecule is CSc1ccccc1N1CCNC(C)(C)C1. The minimum atomic E-state index is 0.212. The Bertz CT molecular complexity index is 363. The molecule has 1 aromatic carbocycles. The quantitative estimate of drug-likeness (QED) is 0.795. The summed E-state index contributed by atoms with van der Waals surface area (Å²) in [5.74, 6) is 0. The van der Waals surface area contributed by atoms with E-state index in [0.717, 1.165) is 19.6 Å². The van der Waals surface area contributed by atoms with Crippen molar-refractivity contribution in [2.75, 3.05) is 30.8 Å². The maximum Gasteiger partial charge on any atom is 0.0505 e. The monoisotopic (exact) mass is 236 g/mol. The lowest BCUT2D eigenvalue weighted by Crippen LogP contribution is -2.57. The average Bonchev–Trinajstić information content (AvgIpc) is 2.27. The van der Waals surface area contributed by atoms with Gasteiger partial charge in [-0.3, -0.25) is 0 Å². The molecule has 1 fully saturated rings. The van der Waals surface area contributed by atoms with Crippen LogP contribution in [0.4, 0.5) is 5.69 Å². The van der Waals surface area contributed by atoms with Crippen LogP contribution in [0.25, 0.3) is 0 Å². The average molecular weight is 236 g/mol. The van der Waals surface area contributed by atoms with Gasteiger partial charge >= 0.3 is 0 Å². The molecular formula is C13H20N2S. The number of piperazine rings is 1. The van der Waals surface area contributed by atoms with Crippen LogP contribution in [0.3, 0.4) is 0 Å². The van der Waals surface area contributed by atoms with Gasteiger partial charge in [-0.05, 0) is 32.2 Å². The van der Waals surface area contributed by atoms with E-state index in [9.17, 15) is 0 Å². The van der Waals surface area contributed by atoms with Crippen LogP contribution in [0.2, 0.25) is 0 Å². The lowest BCUT2D eigenvalue weighted by molar-refractivity contribution is 0.352. The Morgan fingerprint density at radius 3 is 2.75 bits per heavy atom. The van der Waals surface area contributed by atoms with Crippen molar-refractivity contribution in [3.63, 3.8) is 0 Å². The maximum absolute atomic E-state index is 3.55. The lowest BCUT2D eigenvalue weighted by Gasteiger charge is -2.41. The van der Waals surface area contributed by atoms with Crippen LogP contribution in [0.1, 0.15) is 13.8 Å². The number of anilines is 1. The number of benzene rings is 1. The molecule has 1 aliphatic heterocycles. The summed E-state index contributed by atoms with van der Waals surface area (Å²) in [4.78, 5) is 3.86. The first-order valence-corrected chi connectivity index (χ1v) is 6.98. The Balaban J connectivity index is 2.23. The second kappa shape index (κ2) is 4.68. The minimum absolute atomic E-state index is 0.212. The normalized spacial score (nSPS) is 19.8. The second-order valence-electron chi connectivity index (χ2n) is 4.90. The summed E-state index contributed by atoms with van der Waals surface area (Å²) in [6.45, 7) is 7.77. The summed E-state index contributed by atoms with van der Waals surface area (Å²) < 4.78 is 0. The van der Waals surface area contributed by atoms with Crippen molar-refractivity contribution in [2.24, 2.45) is 0 Å². The van der Waals surface area contributed by atoms with Gasteiger partial charge in [0.05, 0.1) is 5.69 Å². The molecule has 1 saturated heterocycles. The predicted octanol–water partition coefficient (Wildman–Crippen LogP) is 2.60. The first-order chi connectivity index (χ1) is 7.62. The third kappa shape index (κ3) is 2.53. The van der Waals surface area contributed by atoms with E-state index in [1.165, 1.54) is 10.6 Å². The molecule has 0 saturated carbocycles. The van der Waals surface area contributed by atoms with E-state index in [0.29, 0.717) is 0 Å². The van der Waals surface area contributed by atoms with Crippen molar-refractivity contribution >= 4 is 17.4 Å². The first kappa shape index (κ1) is 11.8. The summed E-state index contributed by atoms with van der Waals surface area (Å²) in [6.07, 6.45) is 2.15.